The van der Waals surface area contributed by atoms with E-state index in [2.05, 4.69) is 5.32 Å². The minimum absolute atomic E-state index is 0. The van der Waals surface area contributed by atoms with Gasteiger partial charge in [-0.3, -0.25) is 4.79 Å². The van der Waals surface area contributed by atoms with Gasteiger partial charge >= 0.3 is 0 Å². The Hall–Kier alpha value is -0.320. The van der Waals surface area contributed by atoms with Crippen LogP contribution in [0.25, 0.3) is 0 Å². The van der Waals surface area contributed by atoms with Gasteiger partial charge in [-0.05, 0) is 38.0 Å². The molecule has 0 saturated heterocycles. The van der Waals surface area contributed by atoms with Crippen LogP contribution in [0, 0.1) is 5.41 Å². The predicted molar refractivity (Wildman–Crippen MR) is 80.5 cm³/mol. The lowest BCUT2D eigenvalue weighted by atomic mass is 9.66. The van der Waals surface area contributed by atoms with Gasteiger partial charge in [0.05, 0.1) is 5.54 Å². The first-order valence-electron chi connectivity index (χ1n) is 7.02. The third-order valence-corrected chi connectivity index (χ3v) is 4.16. The molecular formula is C14H29ClN2O2. The average Bonchev–Trinajstić information content (AvgIpc) is 2.26. The maximum absolute atomic E-state index is 12.0. The Balaban J connectivity index is 0.00000324. The lowest BCUT2D eigenvalue weighted by Gasteiger charge is -2.42. The average molecular weight is 293 g/mol. The molecule has 3 N–H and O–H groups in total. The number of halogens is 1. The van der Waals surface area contributed by atoms with E-state index in [-0.39, 0.29) is 23.7 Å². The maximum Gasteiger partial charge on any atom is 0.239 e. The lowest BCUT2D eigenvalue weighted by molar-refractivity contribution is -0.127. The molecule has 4 nitrogen and oxygen atoms in total. The molecule has 114 valence electrons. The molecule has 1 saturated carbocycles. The first kappa shape index (κ1) is 18.7. The van der Waals surface area contributed by atoms with Crippen molar-refractivity contribution in [3.05, 3.63) is 0 Å². The molecule has 0 aromatic heterocycles. The van der Waals surface area contributed by atoms with Crippen molar-refractivity contribution in [1.82, 2.24) is 5.32 Å². The van der Waals surface area contributed by atoms with Crippen LogP contribution in [0.5, 0.6) is 0 Å². The fourth-order valence-electron chi connectivity index (χ4n) is 2.61. The van der Waals surface area contributed by atoms with Gasteiger partial charge in [0, 0.05) is 20.3 Å². The Morgan fingerprint density at radius 1 is 1.47 bits per heavy atom. The molecule has 0 aromatic carbocycles. The zero-order chi connectivity index (χ0) is 13.6. The molecule has 0 spiro atoms. The Bertz CT molecular complexity index is 279. The summed E-state index contributed by atoms with van der Waals surface area (Å²) in [5, 5.41) is 3.04. The van der Waals surface area contributed by atoms with Crippen LogP contribution >= 0.6 is 12.4 Å². The molecule has 0 radical (unpaired) electrons. The van der Waals surface area contributed by atoms with Crippen molar-refractivity contribution < 1.29 is 9.53 Å². The van der Waals surface area contributed by atoms with E-state index in [0.717, 1.165) is 32.4 Å². The highest BCUT2D eigenvalue weighted by molar-refractivity contribution is 5.85. The van der Waals surface area contributed by atoms with E-state index in [9.17, 15) is 4.79 Å². The van der Waals surface area contributed by atoms with E-state index in [0.29, 0.717) is 0 Å². The number of carbonyl (C=O) groups is 1. The standard InChI is InChI=1S/C14H28N2O2.ClH/c1-4-6-13(2,15)12(17)16-11-14(7-5-8-14)9-10-18-3;/h4-11,15H2,1-3H3,(H,16,17);1H. The van der Waals surface area contributed by atoms with Crippen molar-refractivity contribution in [2.24, 2.45) is 11.1 Å². The van der Waals surface area contributed by atoms with Gasteiger partial charge in [-0.15, -0.1) is 12.4 Å². The molecule has 1 aliphatic rings. The van der Waals surface area contributed by atoms with E-state index in [1.165, 1.54) is 19.3 Å². The van der Waals surface area contributed by atoms with Crippen LogP contribution in [-0.2, 0) is 9.53 Å². The minimum Gasteiger partial charge on any atom is -0.385 e. The number of carbonyl (C=O) groups excluding carboxylic acids is 1. The molecule has 1 unspecified atom stereocenters. The van der Waals surface area contributed by atoms with Crippen molar-refractivity contribution in [1.29, 1.82) is 0 Å². The molecule has 19 heavy (non-hydrogen) atoms. The summed E-state index contributed by atoms with van der Waals surface area (Å²) in [6, 6.07) is 0. The molecule has 5 heteroatoms. The highest BCUT2D eigenvalue weighted by Gasteiger charge is 2.38. The summed E-state index contributed by atoms with van der Waals surface area (Å²) in [4.78, 5) is 12.0. The van der Waals surface area contributed by atoms with Crippen LogP contribution in [0.15, 0.2) is 0 Å². The number of methoxy groups -OCH3 is 1. The molecule has 1 fully saturated rings. The van der Waals surface area contributed by atoms with Crippen LogP contribution in [0.1, 0.15) is 52.4 Å². The summed E-state index contributed by atoms with van der Waals surface area (Å²) in [6.45, 7) is 5.37. The number of hydrogen-bond donors (Lipinski definition) is 2. The van der Waals surface area contributed by atoms with Gasteiger partial charge in [-0.25, -0.2) is 0 Å². The summed E-state index contributed by atoms with van der Waals surface area (Å²) in [5.74, 6) is -0.0203. The molecule has 1 aliphatic carbocycles. The minimum atomic E-state index is -0.735. The number of amides is 1. The molecule has 1 atom stereocenters. The molecule has 0 aliphatic heterocycles. The van der Waals surface area contributed by atoms with Gasteiger partial charge in [0.25, 0.3) is 0 Å². The first-order valence-corrected chi connectivity index (χ1v) is 7.02. The molecule has 0 aromatic rings. The molecule has 1 rings (SSSR count). The van der Waals surface area contributed by atoms with E-state index >= 15 is 0 Å². The van der Waals surface area contributed by atoms with Gasteiger partial charge in [0.2, 0.25) is 5.91 Å². The Labute approximate surface area is 123 Å². The van der Waals surface area contributed by atoms with Crippen LogP contribution in [-0.4, -0.2) is 31.7 Å². The van der Waals surface area contributed by atoms with Gasteiger partial charge in [0.15, 0.2) is 0 Å². The zero-order valence-corrected chi connectivity index (χ0v) is 13.3. The third-order valence-electron chi connectivity index (χ3n) is 4.16. The van der Waals surface area contributed by atoms with E-state index in [1.54, 1.807) is 7.11 Å². The third kappa shape index (κ3) is 5.28. The second-order valence-corrected chi connectivity index (χ2v) is 5.95. The molecule has 0 heterocycles. The largest absolute Gasteiger partial charge is 0.385 e. The van der Waals surface area contributed by atoms with Crippen LogP contribution in [0.4, 0.5) is 0 Å². The van der Waals surface area contributed by atoms with Crippen molar-refractivity contribution in [3.63, 3.8) is 0 Å². The highest BCUT2D eigenvalue weighted by Crippen LogP contribution is 2.43. The topological polar surface area (TPSA) is 64.4 Å². The SMILES string of the molecule is CCCC(C)(N)C(=O)NCC1(CCOC)CCC1.Cl. The number of hydrogen-bond acceptors (Lipinski definition) is 3. The Kier molecular flexibility index (Phi) is 7.94. The molecular weight excluding hydrogens is 264 g/mol. The maximum atomic E-state index is 12.0. The fraction of sp³-hybridized carbons (Fsp3) is 0.929. The second-order valence-electron chi connectivity index (χ2n) is 5.95. The van der Waals surface area contributed by atoms with E-state index in [4.69, 9.17) is 10.5 Å². The second kappa shape index (κ2) is 8.08. The van der Waals surface area contributed by atoms with Gasteiger partial charge in [-0.1, -0.05) is 19.8 Å². The quantitative estimate of drug-likeness (QED) is 0.721. The summed E-state index contributed by atoms with van der Waals surface area (Å²) < 4.78 is 5.15. The van der Waals surface area contributed by atoms with Crippen LogP contribution in [0.3, 0.4) is 0 Å². The zero-order valence-electron chi connectivity index (χ0n) is 12.5. The summed E-state index contributed by atoms with van der Waals surface area (Å²) in [5.41, 5.74) is 5.55. The summed E-state index contributed by atoms with van der Waals surface area (Å²) in [7, 11) is 1.73. The Morgan fingerprint density at radius 3 is 2.53 bits per heavy atom. The molecule has 0 bridgehead atoms. The summed E-state index contributed by atoms with van der Waals surface area (Å²) >= 11 is 0. The fourth-order valence-corrected chi connectivity index (χ4v) is 2.61. The van der Waals surface area contributed by atoms with Crippen molar-refractivity contribution in [2.75, 3.05) is 20.3 Å². The van der Waals surface area contributed by atoms with Crippen LogP contribution < -0.4 is 11.1 Å². The normalized spacial score (nSPS) is 19.8. The van der Waals surface area contributed by atoms with Crippen molar-refractivity contribution in [2.45, 2.75) is 57.9 Å². The van der Waals surface area contributed by atoms with E-state index in [1.807, 2.05) is 13.8 Å². The number of rotatable bonds is 8. The number of nitrogens with two attached hydrogens (primary N) is 1. The number of ether oxygens (including phenoxy) is 1. The monoisotopic (exact) mass is 292 g/mol. The van der Waals surface area contributed by atoms with Gasteiger partial charge in [0.1, 0.15) is 0 Å². The van der Waals surface area contributed by atoms with Crippen molar-refractivity contribution >= 4 is 18.3 Å². The number of nitrogens with one attached hydrogen (secondary N) is 1. The molecule has 1 amide bonds. The highest BCUT2D eigenvalue weighted by atomic mass is 35.5. The van der Waals surface area contributed by atoms with Gasteiger partial charge in [-0.2, -0.15) is 0 Å². The smallest absolute Gasteiger partial charge is 0.239 e. The van der Waals surface area contributed by atoms with Crippen molar-refractivity contribution in [3.8, 4) is 0 Å². The summed E-state index contributed by atoms with van der Waals surface area (Å²) in [6.07, 6.45) is 6.31. The predicted octanol–water partition coefficient (Wildman–Crippen LogP) is 2.25. The lowest BCUT2D eigenvalue weighted by Crippen LogP contribution is -2.54. The van der Waals surface area contributed by atoms with Gasteiger partial charge < -0.3 is 15.8 Å². The van der Waals surface area contributed by atoms with Crippen LogP contribution in [0.2, 0.25) is 0 Å². The Morgan fingerprint density at radius 2 is 2.11 bits per heavy atom. The van der Waals surface area contributed by atoms with E-state index < -0.39 is 5.54 Å². The first-order chi connectivity index (χ1) is 8.46.